The van der Waals surface area contributed by atoms with E-state index in [9.17, 15) is 8.42 Å². The van der Waals surface area contributed by atoms with Crippen molar-refractivity contribution in [1.29, 1.82) is 0 Å². The Morgan fingerprint density at radius 2 is 2.26 bits per heavy atom. The molecular formula is C11H17N5O2S. The van der Waals surface area contributed by atoms with Crippen molar-refractivity contribution in [1.82, 2.24) is 19.5 Å². The zero-order chi connectivity index (χ0) is 14.0. The van der Waals surface area contributed by atoms with Gasteiger partial charge in [-0.3, -0.25) is 4.68 Å². The van der Waals surface area contributed by atoms with Crippen molar-refractivity contribution in [2.24, 2.45) is 12.8 Å². The van der Waals surface area contributed by atoms with Crippen LogP contribution in [-0.2, 0) is 30.2 Å². The molecule has 0 bridgehead atoms. The Labute approximate surface area is 111 Å². The maximum Gasteiger partial charge on any atom is 0.242 e. The van der Waals surface area contributed by atoms with E-state index >= 15 is 0 Å². The highest BCUT2D eigenvalue weighted by molar-refractivity contribution is 7.89. The van der Waals surface area contributed by atoms with Gasteiger partial charge in [0, 0.05) is 43.3 Å². The molecule has 0 radical (unpaired) electrons. The summed E-state index contributed by atoms with van der Waals surface area (Å²) < 4.78 is 28.3. The summed E-state index contributed by atoms with van der Waals surface area (Å²) in [7, 11) is -1.72. The van der Waals surface area contributed by atoms with E-state index < -0.39 is 10.0 Å². The maximum absolute atomic E-state index is 12.1. The van der Waals surface area contributed by atoms with Crippen molar-refractivity contribution < 1.29 is 8.42 Å². The van der Waals surface area contributed by atoms with E-state index in [2.05, 4.69) is 14.8 Å². The first-order valence-electron chi connectivity index (χ1n) is 5.78. The van der Waals surface area contributed by atoms with Crippen LogP contribution >= 0.6 is 0 Å². The molecule has 0 saturated heterocycles. The zero-order valence-corrected chi connectivity index (χ0v) is 11.7. The average Bonchev–Trinajstić information content (AvgIpc) is 2.97. The normalized spacial score (nSPS) is 11.9. The number of aromatic nitrogens is 3. The Morgan fingerprint density at radius 1 is 1.53 bits per heavy atom. The lowest BCUT2D eigenvalue weighted by Crippen LogP contribution is -2.23. The van der Waals surface area contributed by atoms with E-state index in [0.717, 1.165) is 11.3 Å². The molecule has 0 atom stereocenters. The molecule has 0 aromatic carbocycles. The lowest BCUT2D eigenvalue weighted by molar-refractivity contribution is 0.581. The third kappa shape index (κ3) is 2.86. The molecule has 2 aromatic heterocycles. The first-order chi connectivity index (χ1) is 8.94. The lowest BCUT2D eigenvalue weighted by Gasteiger charge is -2.04. The van der Waals surface area contributed by atoms with Gasteiger partial charge in [0.15, 0.2) is 0 Å². The van der Waals surface area contributed by atoms with Gasteiger partial charge in [-0.1, -0.05) is 0 Å². The fraction of sp³-hybridized carbons (Fsp3) is 0.364. The molecule has 0 aliphatic carbocycles. The molecule has 0 fully saturated rings. The van der Waals surface area contributed by atoms with Gasteiger partial charge in [-0.05, 0) is 13.0 Å². The number of aryl methyl sites for hydroxylation is 1. The van der Waals surface area contributed by atoms with Crippen molar-refractivity contribution in [3.05, 3.63) is 35.4 Å². The molecule has 0 unspecified atom stereocenters. The van der Waals surface area contributed by atoms with Crippen molar-refractivity contribution in [3.63, 3.8) is 0 Å². The molecule has 104 valence electrons. The van der Waals surface area contributed by atoms with Gasteiger partial charge in [0.1, 0.15) is 0 Å². The smallest absolute Gasteiger partial charge is 0.242 e. The van der Waals surface area contributed by atoms with Crippen LogP contribution in [0.4, 0.5) is 0 Å². The summed E-state index contributed by atoms with van der Waals surface area (Å²) in [6.07, 6.45) is 3.08. The Balaban J connectivity index is 2.11. The molecule has 7 nitrogen and oxygen atoms in total. The van der Waals surface area contributed by atoms with Crippen LogP contribution in [0.15, 0.2) is 23.4 Å². The van der Waals surface area contributed by atoms with Gasteiger partial charge in [0.25, 0.3) is 0 Å². The van der Waals surface area contributed by atoms with E-state index in [1.165, 1.54) is 12.3 Å². The highest BCUT2D eigenvalue weighted by Crippen LogP contribution is 2.12. The molecule has 2 heterocycles. The summed E-state index contributed by atoms with van der Waals surface area (Å²) in [5.74, 6) is 0. The summed E-state index contributed by atoms with van der Waals surface area (Å²) in [6, 6.07) is 1.53. The second kappa shape index (κ2) is 5.16. The van der Waals surface area contributed by atoms with Gasteiger partial charge in [-0.25, -0.2) is 13.1 Å². The number of sulfonamides is 1. The fourth-order valence-corrected chi connectivity index (χ4v) is 2.69. The van der Waals surface area contributed by atoms with Crippen molar-refractivity contribution in [2.45, 2.75) is 24.9 Å². The largest absolute Gasteiger partial charge is 0.363 e. The monoisotopic (exact) mass is 283 g/mol. The predicted molar refractivity (Wildman–Crippen MR) is 70.7 cm³/mol. The Kier molecular flexibility index (Phi) is 3.74. The minimum atomic E-state index is -3.53. The highest BCUT2D eigenvalue weighted by Gasteiger charge is 2.16. The highest BCUT2D eigenvalue weighted by atomic mass is 32.2. The molecule has 0 aliphatic heterocycles. The van der Waals surface area contributed by atoms with Crippen molar-refractivity contribution in [3.8, 4) is 0 Å². The number of hydrogen-bond donors (Lipinski definition) is 3. The van der Waals surface area contributed by atoms with Crippen LogP contribution in [0.5, 0.6) is 0 Å². The van der Waals surface area contributed by atoms with Crippen LogP contribution in [0.25, 0.3) is 0 Å². The summed E-state index contributed by atoms with van der Waals surface area (Å²) in [5, 5.41) is 4.07. The molecule has 0 spiro atoms. The van der Waals surface area contributed by atoms with Crippen molar-refractivity contribution in [2.75, 3.05) is 0 Å². The van der Waals surface area contributed by atoms with Crippen LogP contribution in [0.3, 0.4) is 0 Å². The van der Waals surface area contributed by atoms with Gasteiger partial charge < -0.3 is 10.7 Å². The summed E-state index contributed by atoms with van der Waals surface area (Å²) in [4.78, 5) is 3.00. The number of nitrogens with zero attached hydrogens (tertiary/aromatic N) is 2. The SMILES string of the molecule is Cc1c(CNS(=O)(=O)c2c[nH]c(CN)c2)cnn1C. The standard InChI is InChI=1S/C11H17N5O2S/c1-8-9(5-14-16(8)2)6-15-19(17,18)11-3-10(4-12)13-7-11/h3,5,7,13,15H,4,6,12H2,1-2H3. The fourth-order valence-electron chi connectivity index (χ4n) is 1.67. The molecule has 2 aromatic rings. The topological polar surface area (TPSA) is 106 Å². The minimum absolute atomic E-state index is 0.189. The molecule has 2 rings (SSSR count). The minimum Gasteiger partial charge on any atom is -0.363 e. The van der Waals surface area contributed by atoms with E-state index in [0.29, 0.717) is 5.69 Å². The molecule has 0 saturated carbocycles. The Bertz CT molecular complexity index is 671. The molecule has 0 amide bonds. The number of aromatic amines is 1. The number of nitrogens with one attached hydrogen (secondary N) is 2. The Hall–Kier alpha value is -1.64. The Morgan fingerprint density at radius 3 is 2.79 bits per heavy atom. The van der Waals surface area contributed by atoms with E-state index in [4.69, 9.17) is 5.73 Å². The van der Waals surface area contributed by atoms with Crippen LogP contribution in [-0.4, -0.2) is 23.2 Å². The number of rotatable bonds is 5. The second-order valence-electron chi connectivity index (χ2n) is 4.27. The number of hydrogen-bond acceptors (Lipinski definition) is 4. The second-order valence-corrected chi connectivity index (χ2v) is 6.04. The van der Waals surface area contributed by atoms with E-state index in [1.807, 2.05) is 14.0 Å². The maximum atomic E-state index is 12.1. The van der Waals surface area contributed by atoms with Gasteiger partial charge in [0.05, 0.1) is 11.1 Å². The summed E-state index contributed by atoms with van der Waals surface area (Å²) >= 11 is 0. The average molecular weight is 283 g/mol. The third-order valence-electron chi connectivity index (χ3n) is 3.04. The molecule has 19 heavy (non-hydrogen) atoms. The zero-order valence-electron chi connectivity index (χ0n) is 10.8. The lowest BCUT2D eigenvalue weighted by atomic mass is 10.3. The first kappa shape index (κ1) is 13.8. The van der Waals surface area contributed by atoms with Gasteiger partial charge in [-0.15, -0.1) is 0 Å². The van der Waals surface area contributed by atoms with Crippen molar-refractivity contribution >= 4 is 10.0 Å². The van der Waals surface area contributed by atoms with Crippen LogP contribution in [0, 0.1) is 6.92 Å². The van der Waals surface area contributed by atoms with E-state index in [1.54, 1.807) is 10.9 Å². The van der Waals surface area contributed by atoms with Gasteiger partial charge in [0.2, 0.25) is 10.0 Å². The molecule has 0 aliphatic rings. The predicted octanol–water partition coefficient (Wildman–Crippen LogP) is -0.00618. The van der Waals surface area contributed by atoms with Gasteiger partial charge >= 0.3 is 0 Å². The van der Waals surface area contributed by atoms with E-state index in [-0.39, 0.29) is 18.0 Å². The number of H-pyrrole nitrogens is 1. The molecule has 4 N–H and O–H groups in total. The van der Waals surface area contributed by atoms with Crippen LogP contribution in [0.1, 0.15) is 17.0 Å². The number of nitrogens with two attached hydrogens (primary N) is 1. The summed E-state index contributed by atoms with van der Waals surface area (Å²) in [6.45, 7) is 2.38. The first-order valence-corrected chi connectivity index (χ1v) is 7.27. The quantitative estimate of drug-likeness (QED) is 0.717. The van der Waals surface area contributed by atoms with Crippen LogP contribution < -0.4 is 10.5 Å². The van der Waals surface area contributed by atoms with Crippen LogP contribution in [0.2, 0.25) is 0 Å². The third-order valence-corrected chi connectivity index (χ3v) is 4.42. The summed E-state index contributed by atoms with van der Waals surface area (Å²) in [5.41, 5.74) is 7.89. The van der Waals surface area contributed by atoms with Gasteiger partial charge in [-0.2, -0.15) is 5.10 Å². The molecule has 8 heteroatoms. The molecular weight excluding hydrogens is 266 g/mol.